The number of hydrogen-bond donors (Lipinski definition) is 1. The first-order valence-electron chi connectivity index (χ1n) is 7.87. The number of halogens is 1. The summed E-state index contributed by atoms with van der Waals surface area (Å²) in [6.07, 6.45) is 1.51. The minimum absolute atomic E-state index is 0.0159. The van der Waals surface area contributed by atoms with Crippen molar-refractivity contribution in [2.45, 2.75) is 11.4 Å². The van der Waals surface area contributed by atoms with Gasteiger partial charge in [-0.3, -0.25) is 0 Å². The Hall–Kier alpha value is -2.84. The zero-order valence-electron chi connectivity index (χ0n) is 14.3. The van der Waals surface area contributed by atoms with E-state index in [0.717, 1.165) is 8.87 Å². The van der Waals surface area contributed by atoms with E-state index in [1.165, 1.54) is 31.6 Å². The van der Waals surface area contributed by atoms with Gasteiger partial charge in [0.25, 0.3) is 10.0 Å². The molecule has 3 aromatic rings. The molecule has 7 nitrogen and oxygen atoms in total. The molecular weight excluding hydrogens is 390 g/mol. The van der Waals surface area contributed by atoms with Crippen molar-refractivity contribution in [3.63, 3.8) is 0 Å². The Morgan fingerprint density at radius 3 is 2.52 bits per heavy atom. The van der Waals surface area contributed by atoms with Crippen molar-refractivity contribution in [1.29, 1.82) is 0 Å². The van der Waals surface area contributed by atoms with Crippen molar-refractivity contribution < 1.29 is 18.3 Å². The third-order valence-electron chi connectivity index (χ3n) is 3.92. The fourth-order valence-corrected chi connectivity index (χ4v) is 4.03. The molecule has 0 aliphatic heterocycles. The molecule has 2 aromatic heterocycles. The summed E-state index contributed by atoms with van der Waals surface area (Å²) in [4.78, 5) is 16.0. The minimum Gasteiger partial charge on any atom is -0.465 e. The van der Waals surface area contributed by atoms with Gasteiger partial charge in [-0.05, 0) is 29.3 Å². The molecule has 2 heterocycles. The van der Waals surface area contributed by atoms with E-state index >= 15 is 0 Å². The van der Waals surface area contributed by atoms with Crippen molar-refractivity contribution in [3.8, 4) is 11.3 Å². The highest BCUT2D eigenvalue weighted by molar-refractivity contribution is 7.90. The lowest BCUT2D eigenvalue weighted by molar-refractivity contribution is 0.154. The van der Waals surface area contributed by atoms with E-state index in [4.69, 9.17) is 16.7 Å². The molecule has 0 unspecified atom stereocenters. The van der Waals surface area contributed by atoms with Gasteiger partial charge in [-0.15, -0.1) is 0 Å². The molecule has 0 saturated carbocycles. The molecule has 1 N–H and O–H groups in total. The lowest BCUT2D eigenvalue weighted by atomic mass is 10.1. The summed E-state index contributed by atoms with van der Waals surface area (Å²) in [7, 11) is -2.52. The largest absolute Gasteiger partial charge is 0.465 e. The smallest absolute Gasteiger partial charge is 0.407 e. The van der Waals surface area contributed by atoms with Crippen LogP contribution in [0.1, 0.15) is 5.56 Å². The Kier molecular flexibility index (Phi) is 5.20. The fourth-order valence-electron chi connectivity index (χ4n) is 2.57. The Morgan fingerprint density at radius 2 is 1.93 bits per heavy atom. The normalized spacial score (nSPS) is 11.3. The fraction of sp³-hybridized carbons (Fsp3) is 0.111. The van der Waals surface area contributed by atoms with Crippen LogP contribution in [0.2, 0.25) is 5.15 Å². The maximum atomic E-state index is 13.1. The second-order valence-electron chi connectivity index (χ2n) is 5.86. The van der Waals surface area contributed by atoms with Crippen LogP contribution in [-0.4, -0.2) is 40.5 Å². The molecular formula is C18H16ClN3O4S. The molecule has 140 valence electrons. The summed E-state index contributed by atoms with van der Waals surface area (Å²) in [6, 6.07) is 13.4. The number of amides is 1. The Morgan fingerprint density at radius 1 is 1.22 bits per heavy atom. The zero-order chi connectivity index (χ0) is 19.6. The lowest BCUT2D eigenvalue weighted by Crippen LogP contribution is -2.23. The summed E-state index contributed by atoms with van der Waals surface area (Å²) in [6.45, 7) is 0.0521. The Balaban J connectivity index is 2.13. The van der Waals surface area contributed by atoms with Crippen LogP contribution >= 0.6 is 11.6 Å². The monoisotopic (exact) mass is 405 g/mol. The average Bonchev–Trinajstić information content (AvgIpc) is 3.07. The van der Waals surface area contributed by atoms with Gasteiger partial charge < -0.3 is 10.0 Å². The number of nitrogens with zero attached hydrogens (tertiary/aromatic N) is 3. The van der Waals surface area contributed by atoms with Crippen LogP contribution in [0.25, 0.3) is 11.3 Å². The van der Waals surface area contributed by atoms with Gasteiger partial charge in [0.15, 0.2) is 0 Å². The molecule has 27 heavy (non-hydrogen) atoms. The molecule has 9 heteroatoms. The van der Waals surface area contributed by atoms with Crippen molar-refractivity contribution in [3.05, 3.63) is 71.6 Å². The van der Waals surface area contributed by atoms with Crippen LogP contribution in [0.15, 0.2) is 65.8 Å². The van der Waals surface area contributed by atoms with Gasteiger partial charge in [0, 0.05) is 19.4 Å². The van der Waals surface area contributed by atoms with Gasteiger partial charge in [0.2, 0.25) is 0 Å². The number of benzene rings is 1. The van der Waals surface area contributed by atoms with Crippen molar-refractivity contribution in [2.24, 2.45) is 0 Å². The first-order valence-corrected chi connectivity index (χ1v) is 9.69. The van der Waals surface area contributed by atoms with E-state index in [2.05, 4.69) is 4.98 Å². The van der Waals surface area contributed by atoms with Crippen LogP contribution < -0.4 is 0 Å². The number of carboxylic acid groups (broad SMARTS) is 1. The van der Waals surface area contributed by atoms with Crippen LogP contribution in [0.3, 0.4) is 0 Å². The van der Waals surface area contributed by atoms with Gasteiger partial charge in [-0.2, -0.15) is 0 Å². The molecule has 3 rings (SSSR count). The highest BCUT2D eigenvalue weighted by Crippen LogP contribution is 2.27. The highest BCUT2D eigenvalue weighted by Gasteiger charge is 2.23. The Bertz CT molecular complexity index is 1060. The molecule has 0 bridgehead atoms. The molecule has 1 amide bonds. The highest BCUT2D eigenvalue weighted by atomic mass is 35.5. The lowest BCUT2D eigenvalue weighted by Gasteiger charge is -2.11. The third-order valence-corrected chi connectivity index (χ3v) is 5.80. The number of rotatable bonds is 5. The van der Waals surface area contributed by atoms with Gasteiger partial charge in [0.05, 0.1) is 12.2 Å². The van der Waals surface area contributed by atoms with E-state index in [1.807, 2.05) is 6.07 Å². The second kappa shape index (κ2) is 7.42. The van der Waals surface area contributed by atoms with Gasteiger partial charge in [0.1, 0.15) is 10.0 Å². The summed E-state index contributed by atoms with van der Waals surface area (Å²) in [5.74, 6) is 0. The van der Waals surface area contributed by atoms with Crippen LogP contribution in [-0.2, 0) is 16.6 Å². The van der Waals surface area contributed by atoms with Gasteiger partial charge in [-0.1, -0.05) is 41.9 Å². The number of hydrogen-bond acceptors (Lipinski definition) is 4. The summed E-state index contributed by atoms with van der Waals surface area (Å²) in [5, 5.41) is 9.27. The summed E-state index contributed by atoms with van der Waals surface area (Å²) >= 11 is 5.75. The topological polar surface area (TPSA) is 92.5 Å². The standard InChI is InChI=1S/C18H16ClN3O4S/c1-21(18(23)24)11-13-9-16(14-5-3-2-4-6-14)22(12-13)27(25,26)15-7-8-17(19)20-10-15/h2-10,12H,11H2,1H3,(H,23,24). The second-order valence-corrected chi connectivity index (χ2v) is 8.06. The predicted octanol–water partition coefficient (Wildman–Crippen LogP) is 3.55. The van der Waals surface area contributed by atoms with Crippen LogP contribution in [0.4, 0.5) is 4.79 Å². The van der Waals surface area contributed by atoms with Crippen molar-refractivity contribution in [2.75, 3.05) is 7.05 Å². The van der Waals surface area contributed by atoms with Gasteiger partial charge >= 0.3 is 6.09 Å². The third kappa shape index (κ3) is 3.96. The Labute approximate surface area is 161 Å². The first kappa shape index (κ1) is 18.9. The summed E-state index contributed by atoms with van der Waals surface area (Å²) in [5.41, 5.74) is 1.66. The average molecular weight is 406 g/mol. The first-order chi connectivity index (χ1) is 12.8. The molecule has 0 aliphatic carbocycles. The molecule has 0 spiro atoms. The SMILES string of the molecule is CN(Cc1cc(-c2ccccc2)n(S(=O)(=O)c2ccc(Cl)nc2)c1)C(=O)O. The van der Waals surface area contributed by atoms with Crippen molar-refractivity contribution >= 4 is 27.7 Å². The quantitative estimate of drug-likeness (QED) is 0.655. The molecule has 0 radical (unpaired) electrons. The number of pyridine rings is 1. The molecule has 0 aliphatic rings. The maximum Gasteiger partial charge on any atom is 0.407 e. The van der Waals surface area contributed by atoms with E-state index in [9.17, 15) is 13.2 Å². The minimum atomic E-state index is -3.94. The molecule has 1 aromatic carbocycles. The molecule has 0 atom stereocenters. The number of aromatic nitrogens is 2. The van der Waals surface area contributed by atoms with Gasteiger partial charge in [-0.25, -0.2) is 22.2 Å². The molecule has 0 saturated heterocycles. The predicted molar refractivity (Wildman–Crippen MR) is 101 cm³/mol. The van der Waals surface area contributed by atoms with Crippen LogP contribution in [0, 0.1) is 0 Å². The van der Waals surface area contributed by atoms with Crippen molar-refractivity contribution in [1.82, 2.24) is 13.9 Å². The van der Waals surface area contributed by atoms with Crippen LogP contribution in [0.5, 0.6) is 0 Å². The summed E-state index contributed by atoms with van der Waals surface area (Å²) < 4.78 is 27.4. The van der Waals surface area contributed by atoms with E-state index in [-0.39, 0.29) is 16.6 Å². The number of carbonyl (C=O) groups is 1. The van der Waals surface area contributed by atoms with E-state index in [0.29, 0.717) is 16.8 Å². The maximum absolute atomic E-state index is 13.1. The van der Waals surface area contributed by atoms with E-state index in [1.54, 1.807) is 30.3 Å². The van der Waals surface area contributed by atoms with E-state index < -0.39 is 16.1 Å². The zero-order valence-corrected chi connectivity index (χ0v) is 15.9. The molecule has 0 fully saturated rings.